The van der Waals surface area contributed by atoms with E-state index in [4.69, 9.17) is 10.8 Å². The minimum absolute atomic E-state index is 0.00125. The van der Waals surface area contributed by atoms with Gasteiger partial charge in [0.15, 0.2) is 0 Å². The Kier molecular flexibility index (Phi) is 7.40. The van der Waals surface area contributed by atoms with Gasteiger partial charge in [-0.15, -0.1) is 8.46 Å². The molecule has 1 atom stereocenters. The minimum atomic E-state index is -0.195. The highest BCUT2D eigenvalue weighted by Crippen LogP contribution is 2.03. The van der Waals surface area contributed by atoms with Gasteiger partial charge in [-0.1, -0.05) is 6.92 Å². The fraction of sp³-hybridized carbons (Fsp3) is 0.800. The van der Waals surface area contributed by atoms with E-state index in [1.165, 1.54) is 0 Å². The molecular weight excluding hydrogens is 176 g/mol. The number of aliphatic hydroxyl groups is 1. The summed E-state index contributed by atoms with van der Waals surface area (Å²) in [5.41, 5.74) is 7.73. The van der Waals surface area contributed by atoms with Crippen LogP contribution in [-0.4, -0.2) is 42.5 Å². The molecule has 0 radical (unpaired) electrons. The zero-order valence-corrected chi connectivity index (χ0v) is 8.21. The van der Waals surface area contributed by atoms with Crippen LogP contribution in [0.3, 0.4) is 0 Å². The van der Waals surface area contributed by atoms with Crippen molar-refractivity contribution in [2.75, 3.05) is 19.4 Å². The van der Waals surface area contributed by atoms with Gasteiger partial charge in [0.25, 0.3) is 7.13 Å². The maximum absolute atomic E-state index is 10.8. The lowest BCUT2D eigenvalue weighted by Gasteiger charge is -2.19. The average molecular weight is 191 g/mol. The van der Waals surface area contributed by atoms with Crippen LogP contribution in [0.4, 0.5) is 0 Å². The molecule has 0 rings (SSSR count). The molecule has 0 aromatic carbocycles. The van der Waals surface area contributed by atoms with Gasteiger partial charge in [0.1, 0.15) is 0 Å². The van der Waals surface area contributed by atoms with E-state index in [2.05, 4.69) is 5.43 Å². The van der Waals surface area contributed by atoms with Crippen LogP contribution in [0.5, 0.6) is 0 Å². The first-order valence-corrected chi connectivity index (χ1v) is 5.22. The number of nitrogens with zero attached hydrogens (tertiary/aromatic N) is 1. The Morgan fingerprint density at radius 3 is 2.92 bits per heavy atom. The number of hydrogen-bond donors (Lipinski definition) is 3. The Bertz CT molecular complexity index is 138. The summed E-state index contributed by atoms with van der Waals surface area (Å²) < 4.78 is 0. The standard InChI is InChI=1S/C5H15BN3O2P/c1-2-9(6-12-4-10)8-5(11)3-7/h6,10,12H,2-4,7H2,1H3,(H,8,11). The molecular formula is C5H15BN3O2P. The van der Waals surface area contributed by atoms with Crippen LogP contribution in [0.25, 0.3) is 0 Å². The maximum atomic E-state index is 10.8. The summed E-state index contributed by atoms with van der Waals surface area (Å²) >= 11 is 0. The Balaban J connectivity index is 3.59. The minimum Gasteiger partial charge on any atom is -0.393 e. The number of rotatable bonds is 6. The SMILES string of the molecule is CCN(BPCO)NC(=O)CN. The molecule has 0 saturated carbocycles. The Morgan fingerprint density at radius 1 is 1.83 bits per heavy atom. The monoisotopic (exact) mass is 191 g/mol. The number of aliphatic hydroxyl groups excluding tert-OH is 1. The molecule has 1 unspecified atom stereocenters. The van der Waals surface area contributed by atoms with Crippen LogP contribution in [0.2, 0.25) is 0 Å². The summed E-state index contributed by atoms with van der Waals surface area (Å²) in [7, 11) is 1.11. The average Bonchev–Trinajstić information content (AvgIpc) is 2.11. The number of hydrogen-bond acceptors (Lipinski definition) is 4. The second kappa shape index (κ2) is 7.49. The number of amides is 1. The zero-order chi connectivity index (χ0) is 9.40. The van der Waals surface area contributed by atoms with Crippen molar-refractivity contribution < 1.29 is 9.90 Å². The van der Waals surface area contributed by atoms with Gasteiger partial charge < -0.3 is 10.8 Å². The molecule has 5 nitrogen and oxygen atoms in total. The molecule has 7 heteroatoms. The van der Waals surface area contributed by atoms with Crippen LogP contribution in [-0.2, 0) is 4.79 Å². The highest BCUT2D eigenvalue weighted by Gasteiger charge is 2.05. The molecule has 0 saturated heterocycles. The first-order valence-electron chi connectivity index (χ1n) is 3.80. The first-order chi connectivity index (χ1) is 5.74. The van der Waals surface area contributed by atoms with Gasteiger partial charge in [0.05, 0.1) is 12.9 Å². The summed E-state index contributed by atoms with van der Waals surface area (Å²) in [6, 6.07) is 0. The van der Waals surface area contributed by atoms with Crippen molar-refractivity contribution in [3.8, 4) is 0 Å². The third-order valence-electron chi connectivity index (χ3n) is 1.26. The van der Waals surface area contributed by atoms with E-state index in [-0.39, 0.29) is 18.8 Å². The highest BCUT2D eigenvalue weighted by molar-refractivity contribution is 7.70. The summed E-state index contributed by atoms with van der Waals surface area (Å²) in [6.45, 7) is 2.65. The van der Waals surface area contributed by atoms with Crippen LogP contribution in [0, 0.1) is 0 Å². The zero-order valence-electron chi connectivity index (χ0n) is 7.21. The smallest absolute Gasteiger partial charge is 0.257 e. The quantitative estimate of drug-likeness (QED) is 0.262. The van der Waals surface area contributed by atoms with Gasteiger partial charge >= 0.3 is 0 Å². The van der Waals surface area contributed by atoms with Crippen LogP contribution >= 0.6 is 8.46 Å². The van der Waals surface area contributed by atoms with Crippen LogP contribution < -0.4 is 11.2 Å². The second-order valence-corrected chi connectivity index (χ2v) is 3.29. The van der Waals surface area contributed by atoms with Crippen molar-refractivity contribution in [1.29, 1.82) is 0 Å². The molecule has 0 bridgehead atoms. The molecule has 0 heterocycles. The predicted octanol–water partition coefficient (Wildman–Crippen LogP) is -1.81. The van der Waals surface area contributed by atoms with E-state index >= 15 is 0 Å². The maximum Gasteiger partial charge on any atom is 0.257 e. The van der Waals surface area contributed by atoms with Crippen LogP contribution in [0.1, 0.15) is 6.92 Å². The molecule has 70 valence electrons. The number of nitrogens with one attached hydrogen (secondary N) is 1. The van der Waals surface area contributed by atoms with E-state index < -0.39 is 0 Å². The van der Waals surface area contributed by atoms with E-state index in [0.717, 1.165) is 6.54 Å². The summed E-state index contributed by atoms with van der Waals surface area (Å²) in [4.78, 5) is 12.5. The molecule has 0 aliphatic rings. The van der Waals surface area contributed by atoms with E-state index in [0.29, 0.717) is 15.6 Å². The molecule has 1 amide bonds. The van der Waals surface area contributed by atoms with Gasteiger partial charge in [-0.05, 0) is 0 Å². The summed E-state index contributed by atoms with van der Waals surface area (Å²) in [5.74, 6) is -0.195. The van der Waals surface area contributed by atoms with E-state index in [9.17, 15) is 4.79 Å². The lowest BCUT2D eigenvalue weighted by atomic mass is 10.3. The molecule has 12 heavy (non-hydrogen) atoms. The van der Waals surface area contributed by atoms with Crippen molar-refractivity contribution in [2.24, 2.45) is 5.73 Å². The van der Waals surface area contributed by atoms with Crippen LogP contribution in [0.15, 0.2) is 0 Å². The van der Waals surface area contributed by atoms with Crippen molar-refractivity contribution in [2.45, 2.75) is 6.92 Å². The molecule has 0 aromatic heterocycles. The fourth-order valence-electron chi connectivity index (χ4n) is 0.637. The Labute approximate surface area is 74.7 Å². The number of carbonyl (C=O) groups excluding carboxylic acids is 1. The normalized spacial score (nSPS) is 11.0. The summed E-state index contributed by atoms with van der Waals surface area (Å²) in [6.07, 6.45) is 0.162. The number of hydrazine groups is 1. The van der Waals surface area contributed by atoms with Crippen molar-refractivity contribution in [1.82, 2.24) is 10.3 Å². The van der Waals surface area contributed by atoms with E-state index in [1.807, 2.05) is 6.92 Å². The lowest BCUT2D eigenvalue weighted by molar-refractivity contribution is -0.122. The van der Waals surface area contributed by atoms with E-state index in [1.54, 1.807) is 4.92 Å². The van der Waals surface area contributed by atoms with Crippen molar-refractivity contribution in [3.63, 3.8) is 0 Å². The molecule has 0 aliphatic carbocycles. The van der Waals surface area contributed by atoms with Gasteiger partial charge in [0.2, 0.25) is 5.91 Å². The third-order valence-corrected chi connectivity index (χ3v) is 2.09. The van der Waals surface area contributed by atoms with Gasteiger partial charge in [0, 0.05) is 6.54 Å². The van der Waals surface area contributed by atoms with Crippen molar-refractivity contribution >= 4 is 21.5 Å². The first kappa shape index (κ1) is 11.8. The van der Waals surface area contributed by atoms with Gasteiger partial charge in [-0.25, -0.2) is 0 Å². The Morgan fingerprint density at radius 2 is 2.50 bits per heavy atom. The van der Waals surface area contributed by atoms with Gasteiger partial charge in [-0.2, -0.15) is 0 Å². The highest BCUT2D eigenvalue weighted by atomic mass is 31.1. The molecule has 4 N–H and O–H groups in total. The predicted molar refractivity (Wildman–Crippen MR) is 52.1 cm³/mol. The lowest BCUT2D eigenvalue weighted by Crippen LogP contribution is -2.45. The summed E-state index contributed by atoms with van der Waals surface area (Å²) in [5, 5.41) is 8.55. The number of carbonyl (C=O) groups is 1. The van der Waals surface area contributed by atoms with Crippen molar-refractivity contribution in [3.05, 3.63) is 0 Å². The topological polar surface area (TPSA) is 78.6 Å². The fourth-order valence-corrected chi connectivity index (χ4v) is 1.31. The second-order valence-electron chi connectivity index (χ2n) is 2.16. The third kappa shape index (κ3) is 5.49. The molecule has 0 aromatic rings. The molecule has 0 spiro atoms. The number of nitrogens with two attached hydrogens (primary N) is 1. The van der Waals surface area contributed by atoms with Gasteiger partial charge in [-0.3, -0.25) is 15.1 Å². The molecule has 0 aliphatic heterocycles. The largest absolute Gasteiger partial charge is 0.393 e. The Hall–Kier alpha value is -0.155. The molecule has 0 fully saturated rings.